The Hall–Kier alpha value is -2.48. The van der Waals surface area contributed by atoms with Gasteiger partial charge in [-0.15, -0.1) is 0 Å². The van der Waals surface area contributed by atoms with Gasteiger partial charge in [0.05, 0.1) is 11.2 Å². The lowest BCUT2D eigenvalue weighted by molar-refractivity contribution is -0.141. The molecule has 29 heavy (non-hydrogen) atoms. The Labute approximate surface area is 172 Å². The number of benzene rings is 1. The van der Waals surface area contributed by atoms with Gasteiger partial charge in [0, 0.05) is 31.3 Å². The minimum Gasteiger partial charge on any atom is -0.370 e. The number of aromatic nitrogens is 3. The van der Waals surface area contributed by atoms with E-state index in [1.54, 1.807) is 4.57 Å². The van der Waals surface area contributed by atoms with Crippen molar-refractivity contribution in [3.63, 3.8) is 0 Å². The smallest absolute Gasteiger partial charge is 0.370 e. The van der Waals surface area contributed by atoms with Crippen LogP contribution in [0.15, 0.2) is 24.3 Å². The van der Waals surface area contributed by atoms with Crippen LogP contribution in [-0.4, -0.2) is 27.6 Å². The maximum Gasteiger partial charge on any atom is 0.433 e. The van der Waals surface area contributed by atoms with Gasteiger partial charge in [-0.1, -0.05) is 25.4 Å². The van der Waals surface area contributed by atoms with E-state index in [0.717, 1.165) is 43.2 Å². The highest BCUT2D eigenvalue weighted by Gasteiger charge is 2.33. The predicted octanol–water partition coefficient (Wildman–Crippen LogP) is 5.52. The molecule has 0 aliphatic heterocycles. The summed E-state index contributed by atoms with van der Waals surface area (Å²) < 4.78 is 40.6. The number of pyridine rings is 1. The minimum atomic E-state index is -4.56. The van der Waals surface area contributed by atoms with E-state index in [-0.39, 0.29) is 5.15 Å². The van der Waals surface area contributed by atoms with E-state index < -0.39 is 11.9 Å². The van der Waals surface area contributed by atoms with Gasteiger partial charge in [-0.05, 0) is 37.1 Å². The van der Waals surface area contributed by atoms with Crippen LogP contribution in [0.4, 0.5) is 24.8 Å². The third kappa shape index (κ3) is 3.99. The van der Waals surface area contributed by atoms with Crippen molar-refractivity contribution >= 4 is 34.3 Å². The quantitative estimate of drug-likeness (QED) is 0.528. The number of halogens is 4. The van der Waals surface area contributed by atoms with Crippen LogP contribution in [0.25, 0.3) is 22.2 Å². The number of fused-ring (bicyclic) bond motifs is 1. The third-order valence-corrected chi connectivity index (χ3v) is 5.08. The highest BCUT2D eigenvalue weighted by molar-refractivity contribution is 6.32. The lowest BCUT2D eigenvalue weighted by atomic mass is 10.0. The Kier molecular flexibility index (Phi) is 5.93. The van der Waals surface area contributed by atoms with Crippen molar-refractivity contribution in [2.45, 2.75) is 32.9 Å². The fourth-order valence-electron chi connectivity index (χ4n) is 3.48. The molecule has 0 bridgehead atoms. The molecule has 9 heteroatoms. The summed E-state index contributed by atoms with van der Waals surface area (Å²) in [5, 5.41) is -0.225. The van der Waals surface area contributed by atoms with Crippen LogP contribution in [0.2, 0.25) is 5.15 Å². The molecule has 0 aliphatic rings. The SMILES string of the molecule is CCCN(CCC)c1ccc(-c2ccc(C(F)(F)F)nc2Cl)c2nc(N)n(C)c12. The van der Waals surface area contributed by atoms with Gasteiger partial charge < -0.3 is 15.2 Å². The molecule has 2 N–H and O–H groups in total. The van der Waals surface area contributed by atoms with Gasteiger partial charge in [0.2, 0.25) is 5.95 Å². The molecule has 0 atom stereocenters. The van der Waals surface area contributed by atoms with E-state index in [1.807, 2.05) is 19.2 Å². The van der Waals surface area contributed by atoms with Crippen molar-refractivity contribution in [3.8, 4) is 11.1 Å². The highest BCUT2D eigenvalue weighted by atomic mass is 35.5. The number of nitrogens with two attached hydrogens (primary N) is 1. The molecule has 1 aromatic carbocycles. The largest absolute Gasteiger partial charge is 0.433 e. The van der Waals surface area contributed by atoms with Gasteiger partial charge in [-0.2, -0.15) is 13.2 Å². The van der Waals surface area contributed by atoms with Gasteiger partial charge in [-0.25, -0.2) is 9.97 Å². The molecular formula is C20H23ClF3N5. The van der Waals surface area contributed by atoms with Crippen molar-refractivity contribution in [1.82, 2.24) is 14.5 Å². The number of nitrogens with zero attached hydrogens (tertiary/aromatic N) is 4. The van der Waals surface area contributed by atoms with Gasteiger partial charge in [0.15, 0.2) is 0 Å². The first-order valence-corrected chi connectivity index (χ1v) is 9.80. The van der Waals surface area contributed by atoms with Crippen LogP contribution in [0.5, 0.6) is 0 Å². The van der Waals surface area contributed by atoms with Crippen molar-refractivity contribution in [2.75, 3.05) is 23.7 Å². The molecule has 0 saturated carbocycles. The number of rotatable bonds is 6. The lowest BCUT2D eigenvalue weighted by Gasteiger charge is -2.25. The topological polar surface area (TPSA) is 60.0 Å². The molecule has 0 aliphatic carbocycles. The summed E-state index contributed by atoms with van der Waals surface area (Å²) in [7, 11) is 1.82. The fraction of sp³-hybridized carbons (Fsp3) is 0.400. The molecule has 0 amide bonds. The van der Waals surface area contributed by atoms with Crippen molar-refractivity contribution < 1.29 is 13.2 Å². The van der Waals surface area contributed by atoms with Crippen LogP contribution in [0, 0.1) is 0 Å². The molecular weight excluding hydrogens is 403 g/mol. The normalized spacial score (nSPS) is 12.0. The molecule has 156 valence electrons. The highest BCUT2D eigenvalue weighted by Crippen LogP contribution is 2.39. The van der Waals surface area contributed by atoms with E-state index >= 15 is 0 Å². The second kappa shape index (κ2) is 8.10. The zero-order chi connectivity index (χ0) is 21.3. The van der Waals surface area contributed by atoms with Crippen molar-refractivity contribution in [1.29, 1.82) is 0 Å². The van der Waals surface area contributed by atoms with Crippen LogP contribution in [-0.2, 0) is 13.2 Å². The number of aryl methyl sites for hydroxylation is 1. The summed E-state index contributed by atoms with van der Waals surface area (Å²) >= 11 is 6.13. The molecule has 5 nitrogen and oxygen atoms in total. The summed E-state index contributed by atoms with van der Waals surface area (Å²) in [6, 6.07) is 6.01. The van der Waals surface area contributed by atoms with Crippen LogP contribution in [0.1, 0.15) is 32.4 Å². The lowest BCUT2D eigenvalue weighted by Crippen LogP contribution is -2.25. The molecule has 0 unspecified atom stereocenters. The molecule has 0 fully saturated rings. The maximum absolute atomic E-state index is 12.9. The molecule has 3 aromatic rings. The minimum absolute atomic E-state index is 0.225. The molecule has 2 heterocycles. The zero-order valence-corrected chi connectivity index (χ0v) is 17.3. The van der Waals surface area contributed by atoms with Crippen LogP contribution >= 0.6 is 11.6 Å². The average molecular weight is 426 g/mol. The Morgan fingerprint density at radius 2 is 1.66 bits per heavy atom. The standard InChI is InChI=1S/C20H23ClF3N5/c1-4-10-29(11-5-2)14-8-6-12(16-17(14)28(3)19(25)27-16)13-7-9-15(20(22,23)24)26-18(13)21/h6-9H,4-5,10-11H2,1-3H3,(H2,25,27). The van der Waals surface area contributed by atoms with Gasteiger partial charge >= 0.3 is 6.18 Å². The molecule has 0 spiro atoms. The van der Waals surface area contributed by atoms with E-state index in [0.29, 0.717) is 22.6 Å². The van der Waals surface area contributed by atoms with Crippen molar-refractivity contribution in [2.24, 2.45) is 7.05 Å². The predicted molar refractivity (Wildman–Crippen MR) is 111 cm³/mol. The summed E-state index contributed by atoms with van der Waals surface area (Å²) in [5.41, 5.74) is 8.40. The molecule has 2 aromatic heterocycles. The Balaban J connectivity index is 2.22. The molecule has 0 saturated heterocycles. The average Bonchev–Trinajstić information content (AvgIpc) is 2.95. The second-order valence-electron chi connectivity index (χ2n) is 6.88. The summed E-state index contributed by atoms with van der Waals surface area (Å²) in [5.74, 6) is 0.317. The van der Waals surface area contributed by atoms with Crippen molar-refractivity contribution in [3.05, 3.63) is 35.1 Å². The summed E-state index contributed by atoms with van der Waals surface area (Å²) in [6.45, 7) is 5.96. The number of hydrogen-bond acceptors (Lipinski definition) is 4. The van der Waals surface area contributed by atoms with Gasteiger partial charge in [0.1, 0.15) is 16.4 Å². The first-order valence-electron chi connectivity index (χ1n) is 9.43. The fourth-order valence-corrected chi connectivity index (χ4v) is 3.73. The first-order chi connectivity index (χ1) is 13.7. The number of imidazole rings is 1. The maximum atomic E-state index is 12.9. The van der Waals surface area contributed by atoms with Crippen LogP contribution < -0.4 is 10.6 Å². The first kappa shape index (κ1) is 21.2. The second-order valence-corrected chi connectivity index (χ2v) is 7.24. The van der Waals surface area contributed by atoms with E-state index in [9.17, 15) is 13.2 Å². The molecule has 0 radical (unpaired) electrons. The summed E-state index contributed by atoms with van der Waals surface area (Å²) in [4.78, 5) is 10.3. The Morgan fingerprint density at radius 1 is 1.03 bits per heavy atom. The number of hydrogen-bond donors (Lipinski definition) is 1. The number of alkyl halides is 3. The zero-order valence-electron chi connectivity index (χ0n) is 16.5. The molecule has 3 rings (SSSR count). The number of nitrogen functional groups attached to an aromatic ring is 1. The van der Waals surface area contributed by atoms with E-state index in [2.05, 4.69) is 28.7 Å². The third-order valence-electron chi connectivity index (χ3n) is 4.79. The number of anilines is 2. The summed E-state index contributed by atoms with van der Waals surface area (Å²) in [6.07, 6.45) is -2.60. The van der Waals surface area contributed by atoms with Gasteiger partial charge in [0.25, 0.3) is 0 Å². The van der Waals surface area contributed by atoms with Crippen LogP contribution in [0.3, 0.4) is 0 Å². The van der Waals surface area contributed by atoms with E-state index in [1.165, 1.54) is 6.07 Å². The van der Waals surface area contributed by atoms with E-state index in [4.69, 9.17) is 17.3 Å². The Morgan fingerprint density at radius 3 is 2.21 bits per heavy atom. The monoisotopic (exact) mass is 425 g/mol. The Bertz CT molecular complexity index is 1020. The van der Waals surface area contributed by atoms with Gasteiger partial charge in [-0.3, -0.25) is 0 Å².